The molecule has 0 aliphatic carbocycles. The Balaban J connectivity index is 1.04. The Morgan fingerprint density at radius 1 is 1.05 bits per heavy atom. The van der Waals surface area contributed by atoms with Crippen LogP contribution >= 0.6 is 0 Å². The van der Waals surface area contributed by atoms with E-state index in [1.807, 2.05) is 23.2 Å². The second-order valence-corrected chi connectivity index (χ2v) is 13.7. The van der Waals surface area contributed by atoms with Crippen LogP contribution < -0.4 is 10.2 Å². The molecule has 2 bridgehead atoms. The van der Waals surface area contributed by atoms with Gasteiger partial charge in [0, 0.05) is 69.3 Å². The lowest BCUT2D eigenvalue weighted by atomic mass is 10.2. The summed E-state index contributed by atoms with van der Waals surface area (Å²) in [6.45, 7) is 4.35. The minimum atomic E-state index is -3.70. The van der Waals surface area contributed by atoms with Gasteiger partial charge in [-0.15, -0.1) is 5.10 Å². The number of carbonyl (C=O) groups excluding carboxylic acids is 1. The number of carbonyl (C=O) groups is 1. The van der Waals surface area contributed by atoms with Gasteiger partial charge in [-0.25, -0.2) is 17.3 Å². The van der Waals surface area contributed by atoms with E-state index in [1.54, 1.807) is 38.0 Å². The quantitative estimate of drug-likeness (QED) is 0.313. The molecule has 3 fully saturated rings. The smallest absolute Gasteiger partial charge is 0.247 e. The Hall–Kier alpha value is -4.08. The minimum Gasteiger partial charge on any atom is -0.365 e. The lowest BCUT2D eigenvalue weighted by molar-refractivity contribution is -0.133. The highest BCUT2D eigenvalue weighted by Gasteiger charge is 2.46. The lowest BCUT2D eigenvalue weighted by Gasteiger charge is -2.41. The molecule has 1 N–H and O–H groups in total. The maximum atomic E-state index is 14.3. The molecule has 15 heteroatoms. The van der Waals surface area contributed by atoms with Crippen molar-refractivity contribution in [1.82, 2.24) is 38.5 Å². The summed E-state index contributed by atoms with van der Waals surface area (Å²) in [5.41, 5.74) is 2.37. The number of amides is 1. The van der Waals surface area contributed by atoms with Crippen molar-refractivity contribution in [2.75, 3.05) is 56.5 Å². The number of nitrogens with one attached hydrogen (secondary N) is 1. The van der Waals surface area contributed by atoms with Gasteiger partial charge in [-0.05, 0) is 38.1 Å². The number of rotatable bonds is 8. The normalized spacial score (nSPS) is 21.3. The van der Waals surface area contributed by atoms with Crippen molar-refractivity contribution in [3.8, 4) is 0 Å². The van der Waals surface area contributed by atoms with Gasteiger partial charge in [-0.1, -0.05) is 18.2 Å². The zero-order chi connectivity index (χ0) is 30.4. The summed E-state index contributed by atoms with van der Waals surface area (Å²) in [6, 6.07) is 9.50. The molecular weight excluding hydrogens is 587 g/mol. The van der Waals surface area contributed by atoms with Crippen molar-refractivity contribution in [3.05, 3.63) is 66.4 Å². The third kappa shape index (κ3) is 5.62. The van der Waals surface area contributed by atoms with Crippen LogP contribution in [0.4, 0.5) is 21.7 Å². The Morgan fingerprint density at radius 3 is 2.55 bits per heavy atom. The third-order valence-electron chi connectivity index (χ3n) is 8.76. The Morgan fingerprint density at radius 2 is 1.80 bits per heavy atom. The molecule has 1 aromatic carbocycles. The number of nitrogens with zero attached hydrogens (tertiary/aromatic N) is 9. The van der Waals surface area contributed by atoms with Crippen molar-refractivity contribution in [3.63, 3.8) is 0 Å². The Kier molecular flexibility index (Phi) is 7.46. The fourth-order valence-corrected chi connectivity index (χ4v) is 8.56. The summed E-state index contributed by atoms with van der Waals surface area (Å²) in [6.07, 6.45) is 6.73. The molecule has 4 aromatic rings. The molecule has 1 amide bonds. The number of aromatic nitrogens is 5. The molecule has 2 atom stereocenters. The van der Waals surface area contributed by atoms with E-state index in [4.69, 9.17) is 4.98 Å². The number of pyridine rings is 1. The van der Waals surface area contributed by atoms with Gasteiger partial charge < -0.3 is 20.0 Å². The number of anilines is 3. The highest BCUT2D eigenvalue weighted by molar-refractivity contribution is 7.88. The zero-order valence-electron chi connectivity index (χ0n) is 24.5. The molecule has 3 aromatic heterocycles. The average Bonchev–Trinajstić information content (AvgIpc) is 3.70. The minimum absolute atomic E-state index is 0.0392. The first-order chi connectivity index (χ1) is 21.2. The number of piperazine rings is 2. The molecule has 0 spiro atoms. The van der Waals surface area contributed by atoms with Gasteiger partial charge in [-0.2, -0.15) is 14.4 Å². The number of likely N-dealkylation sites (N-methyl/N-ethyl adjacent to an activating group) is 1. The van der Waals surface area contributed by atoms with Gasteiger partial charge >= 0.3 is 0 Å². The van der Waals surface area contributed by atoms with Crippen LogP contribution in [0.5, 0.6) is 0 Å². The van der Waals surface area contributed by atoms with E-state index in [2.05, 4.69) is 32.4 Å². The summed E-state index contributed by atoms with van der Waals surface area (Å²) in [4.78, 5) is 23.7. The molecule has 44 heavy (non-hydrogen) atoms. The first-order valence-electron chi connectivity index (χ1n) is 14.8. The van der Waals surface area contributed by atoms with E-state index in [-0.39, 0.29) is 35.9 Å². The predicted molar refractivity (Wildman–Crippen MR) is 162 cm³/mol. The van der Waals surface area contributed by atoms with E-state index < -0.39 is 15.8 Å². The topological polar surface area (TPSA) is 124 Å². The van der Waals surface area contributed by atoms with Crippen molar-refractivity contribution in [2.45, 2.75) is 37.2 Å². The van der Waals surface area contributed by atoms with Crippen LogP contribution in [-0.4, -0.2) is 111 Å². The van der Waals surface area contributed by atoms with Crippen molar-refractivity contribution in [2.24, 2.45) is 0 Å². The predicted octanol–water partition coefficient (Wildman–Crippen LogP) is 1.77. The molecule has 2 unspecified atom stereocenters. The molecule has 3 aliphatic rings. The van der Waals surface area contributed by atoms with E-state index in [1.165, 1.54) is 12.1 Å². The summed E-state index contributed by atoms with van der Waals surface area (Å²) in [7, 11) is -1.64. The number of hydrogen-bond acceptors (Lipinski definition) is 9. The van der Waals surface area contributed by atoms with Crippen LogP contribution in [0.3, 0.4) is 0 Å². The number of benzene rings is 1. The largest absolute Gasteiger partial charge is 0.365 e. The van der Waals surface area contributed by atoms with Gasteiger partial charge in [0.1, 0.15) is 12.4 Å². The van der Waals surface area contributed by atoms with Crippen LogP contribution in [0, 0.1) is 5.82 Å². The Bertz CT molecular complexity index is 1770. The van der Waals surface area contributed by atoms with E-state index in [0.717, 1.165) is 44.7 Å². The molecule has 0 saturated carbocycles. The summed E-state index contributed by atoms with van der Waals surface area (Å²) in [5.74, 6) is -0.424. The van der Waals surface area contributed by atoms with Crippen LogP contribution in [0.25, 0.3) is 5.65 Å². The maximum Gasteiger partial charge on any atom is 0.247 e. The molecule has 6 heterocycles. The van der Waals surface area contributed by atoms with Crippen LogP contribution in [0.1, 0.15) is 18.4 Å². The number of fused-ring (bicyclic) bond motifs is 3. The summed E-state index contributed by atoms with van der Waals surface area (Å²) in [5, 5.41) is 12.1. The average molecular weight is 623 g/mol. The van der Waals surface area contributed by atoms with E-state index >= 15 is 0 Å². The monoisotopic (exact) mass is 622 g/mol. The fraction of sp³-hybridized carbons (Fsp3) is 0.448. The molecule has 3 aliphatic heterocycles. The van der Waals surface area contributed by atoms with Crippen LogP contribution in [0.2, 0.25) is 0 Å². The van der Waals surface area contributed by atoms with Crippen molar-refractivity contribution >= 4 is 38.9 Å². The zero-order valence-corrected chi connectivity index (χ0v) is 25.3. The third-order valence-corrected chi connectivity index (χ3v) is 10.7. The van der Waals surface area contributed by atoms with Crippen molar-refractivity contribution in [1.29, 1.82) is 0 Å². The molecule has 0 radical (unpaired) electrons. The van der Waals surface area contributed by atoms with E-state index in [0.29, 0.717) is 30.4 Å². The molecule has 13 nitrogen and oxygen atoms in total. The van der Waals surface area contributed by atoms with Gasteiger partial charge in [0.05, 0.1) is 23.3 Å². The first-order valence-corrected chi connectivity index (χ1v) is 16.5. The molecule has 7 rings (SSSR count). The Labute approximate surface area is 254 Å². The van der Waals surface area contributed by atoms with Gasteiger partial charge in [0.2, 0.25) is 21.9 Å². The number of hydrogen-bond donors (Lipinski definition) is 1. The number of sulfonamides is 1. The summed E-state index contributed by atoms with van der Waals surface area (Å²) < 4.78 is 46.0. The van der Waals surface area contributed by atoms with Gasteiger partial charge in [0.15, 0.2) is 5.65 Å². The van der Waals surface area contributed by atoms with E-state index in [9.17, 15) is 17.6 Å². The lowest BCUT2D eigenvalue weighted by Crippen LogP contribution is -2.56. The first kappa shape index (κ1) is 28.7. The van der Waals surface area contributed by atoms with Gasteiger partial charge in [0.25, 0.3) is 0 Å². The molecular formula is C29H35FN10O3S. The second kappa shape index (κ2) is 11.4. The molecule has 232 valence electrons. The van der Waals surface area contributed by atoms with Crippen molar-refractivity contribution < 1.29 is 17.6 Å². The molecule has 3 saturated heterocycles. The number of halogens is 1. The maximum absolute atomic E-state index is 14.3. The second-order valence-electron chi connectivity index (χ2n) is 11.8. The highest BCUT2D eigenvalue weighted by atomic mass is 32.2. The highest BCUT2D eigenvalue weighted by Crippen LogP contribution is 2.37. The fourth-order valence-electron chi connectivity index (χ4n) is 6.53. The standard InChI is InChI=1S/C29H35FN10O3S/c1-35-11-13-36(14-12-35)27(41)19-38-16-22(15-31-38)32-29-33-28-26(7-4-10-39(28)34-29)37-17-23-8-9-24(18-37)40(23)44(42,43)20-21-5-2-3-6-25(21)30/h2-7,10,15-16,23-24H,8-9,11-14,17-20H2,1H3,(H,32,34). The SMILES string of the molecule is CN1CCN(C(=O)Cn2cc(Nc3nc4c(N5CC6CCC(C5)N6S(=O)(=O)Cc5ccccc5F)cccn4n3)cn2)CC1. The van der Waals surface area contributed by atoms with Gasteiger partial charge in [-0.3, -0.25) is 9.48 Å². The van der Waals surface area contributed by atoms with Crippen LogP contribution in [-0.2, 0) is 27.1 Å². The van der Waals surface area contributed by atoms with Crippen LogP contribution in [0.15, 0.2) is 55.0 Å². The summed E-state index contributed by atoms with van der Waals surface area (Å²) >= 11 is 0.